The summed E-state index contributed by atoms with van der Waals surface area (Å²) in [7, 11) is 1.55. The molecule has 0 atom stereocenters. The van der Waals surface area contributed by atoms with Gasteiger partial charge in [-0.05, 0) is 55.8 Å². The normalized spacial score (nSPS) is 12.2. The molecular weight excluding hydrogens is 359 g/mol. The first-order chi connectivity index (χ1) is 12.7. The Morgan fingerprint density at radius 2 is 1.74 bits per heavy atom. The summed E-state index contributed by atoms with van der Waals surface area (Å²) in [6.45, 7) is 3.28. The number of rotatable bonds is 6. The predicted molar refractivity (Wildman–Crippen MR) is 99.2 cm³/mol. The maximum atomic E-state index is 13.3. The summed E-state index contributed by atoms with van der Waals surface area (Å²) in [5.74, 6) is 0.847. The zero-order chi connectivity index (χ0) is 20.0. The molecule has 0 bridgehead atoms. The van der Waals surface area contributed by atoms with Crippen LogP contribution in [0.15, 0.2) is 47.5 Å². The van der Waals surface area contributed by atoms with Crippen LogP contribution >= 0.6 is 0 Å². The van der Waals surface area contributed by atoms with Gasteiger partial charge in [-0.2, -0.15) is 13.2 Å². The number of guanidine groups is 1. The van der Waals surface area contributed by atoms with Crippen LogP contribution in [0.2, 0.25) is 0 Å². The number of halogens is 3. The van der Waals surface area contributed by atoms with Gasteiger partial charge >= 0.3 is 6.18 Å². The van der Waals surface area contributed by atoms with E-state index in [0.29, 0.717) is 11.4 Å². The minimum atomic E-state index is -4.51. The van der Waals surface area contributed by atoms with E-state index < -0.39 is 11.7 Å². The second kappa shape index (κ2) is 8.66. The number of nitrogens with one attached hydrogen (secondary N) is 1. The van der Waals surface area contributed by atoms with E-state index >= 15 is 0 Å². The fourth-order valence-corrected chi connectivity index (χ4v) is 2.33. The molecule has 0 saturated carbocycles. The highest BCUT2D eigenvalue weighted by Gasteiger charge is 2.33. The molecule has 0 aliphatic heterocycles. The van der Waals surface area contributed by atoms with Crippen molar-refractivity contribution in [1.82, 2.24) is 0 Å². The Labute approximate surface area is 156 Å². The van der Waals surface area contributed by atoms with Crippen molar-refractivity contribution in [3.8, 4) is 11.5 Å². The molecule has 2 aromatic carbocycles. The third-order valence-electron chi connectivity index (χ3n) is 3.54. The minimum Gasteiger partial charge on any atom is -0.497 e. The lowest BCUT2D eigenvalue weighted by Crippen LogP contribution is -2.22. The largest absolute Gasteiger partial charge is 0.497 e. The molecule has 0 spiro atoms. The van der Waals surface area contributed by atoms with Crippen molar-refractivity contribution in [3.05, 3.63) is 53.6 Å². The molecule has 0 fully saturated rings. The van der Waals surface area contributed by atoms with Crippen LogP contribution in [0.4, 0.5) is 18.9 Å². The number of anilines is 1. The number of nitrogens with zero attached hydrogens (tertiary/aromatic N) is 1. The topological polar surface area (TPSA) is 68.9 Å². The average Bonchev–Trinajstić information content (AvgIpc) is 2.60. The Bertz CT molecular complexity index is 788. The number of aliphatic imine (C=N–C) groups is 1. The van der Waals surface area contributed by atoms with Gasteiger partial charge in [0.25, 0.3) is 0 Å². The zero-order valence-corrected chi connectivity index (χ0v) is 15.3. The third-order valence-corrected chi connectivity index (χ3v) is 3.54. The van der Waals surface area contributed by atoms with E-state index in [1.807, 2.05) is 0 Å². The lowest BCUT2D eigenvalue weighted by atomic mass is 10.1. The van der Waals surface area contributed by atoms with E-state index in [9.17, 15) is 13.2 Å². The first-order valence-corrected chi connectivity index (χ1v) is 8.27. The number of ether oxygens (including phenoxy) is 2. The molecule has 2 rings (SSSR count). The van der Waals surface area contributed by atoms with E-state index in [4.69, 9.17) is 15.2 Å². The highest BCUT2D eigenvalue weighted by Crippen LogP contribution is 2.35. The molecule has 0 heterocycles. The summed E-state index contributed by atoms with van der Waals surface area (Å²) in [5, 5.41) is 2.83. The van der Waals surface area contributed by atoms with Gasteiger partial charge in [-0.1, -0.05) is 6.07 Å². The van der Waals surface area contributed by atoms with Crippen LogP contribution in [0.1, 0.15) is 25.0 Å². The highest BCUT2D eigenvalue weighted by atomic mass is 19.4. The summed E-state index contributed by atoms with van der Waals surface area (Å²) in [4.78, 5) is 4.01. The van der Waals surface area contributed by atoms with Crippen LogP contribution in [0.3, 0.4) is 0 Å². The van der Waals surface area contributed by atoms with Crippen molar-refractivity contribution >= 4 is 11.6 Å². The fourth-order valence-electron chi connectivity index (χ4n) is 2.33. The summed E-state index contributed by atoms with van der Waals surface area (Å²) < 4.78 is 50.4. The van der Waals surface area contributed by atoms with Crippen LogP contribution in [-0.2, 0) is 12.7 Å². The Kier molecular flexibility index (Phi) is 6.55. The van der Waals surface area contributed by atoms with Gasteiger partial charge < -0.3 is 20.5 Å². The fraction of sp³-hybridized carbons (Fsp3) is 0.316. The second-order valence-electron chi connectivity index (χ2n) is 6.04. The predicted octanol–water partition coefficient (Wildman–Crippen LogP) is 4.43. The monoisotopic (exact) mass is 381 g/mol. The smallest absolute Gasteiger partial charge is 0.416 e. The summed E-state index contributed by atoms with van der Waals surface area (Å²) in [6.07, 6.45) is -4.74. The summed E-state index contributed by atoms with van der Waals surface area (Å²) in [5.41, 5.74) is 5.65. The van der Waals surface area contributed by atoms with Crippen molar-refractivity contribution in [1.29, 1.82) is 0 Å². The molecule has 0 radical (unpaired) electrons. The van der Waals surface area contributed by atoms with Gasteiger partial charge in [0.05, 0.1) is 25.3 Å². The van der Waals surface area contributed by atoms with E-state index in [2.05, 4.69) is 10.3 Å². The molecule has 0 unspecified atom stereocenters. The molecule has 146 valence electrons. The second-order valence-corrected chi connectivity index (χ2v) is 6.04. The highest BCUT2D eigenvalue weighted by molar-refractivity contribution is 5.92. The molecule has 0 amide bonds. The van der Waals surface area contributed by atoms with Crippen molar-refractivity contribution in [3.63, 3.8) is 0 Å². The summed E-state index contributed by atoms with van der Waals surface area (Å²) in [6, 6.07) is 10.7. The Balaban J connectivity index is 2.15. The van der Waals surface area contributed by atoms with Gasteiger partial charge in [0.15, 0.2) is 5.96 Å². The van der Waals surface area contributed by atoms with Crippen molar-refractivity contribution in [2.24, 2.45) is 10.7 Å². The molecule has 2 aromatic rings. The number of alkyl halides is 3. The maximum absolute atomic E-state index is 13.3. The van der Waals surface area contributed by atoms with Crippen molar-refractivity contribution in [2.45, 2.75) is 32.7 Å². The van der Waals surface area contributed by atoms with Crippen molar-refractivity contribution in [2.75, 3.05) is 12.4 Å². The molecule has 5 nitrogen and oxygen atoms in total. The maximum Gasteiger partial charge on any atom is 0.416 e. The molecule has 27 heavy (non-hydrogen) atoms. The third kappa shape index (κ3) is 6.09. The van der Waals surface area contributed by atoms with Gasteiger partial charge in [0, 0.05) is 5.69 Å². The standard InChI is InChI=1S/C19H22F3N3O2/c1-12(2)27-16-7-4-13(17(10-16)19(20,21)22)11-24-18(23)25-14-5-8-15(26-3)9-6-14/h4-10,12H,11H2,1-3H3,(H3,23,24,25). The zero-order valence-electron chi connectivity index (χ0n) is 15.3. The first kappa shape index (κ1) is 20.4. The molecular formula is C19H22F3N3O2. The Morgan fingerprint density at radius 3 is 2.30 bits per heavy atom. The van der Waals surface area contributed by atoms with Gasteiger partial charge in [-0.3, -0.25) is 0 Å². The Hall–Kier alpha value is -2.90. The number of methoxy groups -OCH3 is 1. The van der Waals surface area contributed by atoms with Crippen LogP contribution in [0.25, 0.3) is 0 Å². The van der Waals surface area contributed by atoms with Gasteiger partial charge in [0.2, 0.25) is 0 Å². The van der Waals surface area contributed by atoms with Crippen LogP contribution in [-0.4, -0.2) is 19.2 Å². The van der Waals surface area contributed by atoms with E-state index in [1.165, 1.54) is 12.1 Å². The molecule has 0 aliphatic carbocycles. The van der Waals surface area contributed by atoms with Crippen LogP contribution in [0, 0.1) is 0 Å². The van der Waals surface area contributed by atoms with E-state index in [0.717, 1.165) is 6.07 Å². The van der Waals surface area contributed by atoms with Crippen LogP contribution < -0.4 is 20.5 Å². The first-order valence-electron chi connectivity index (χ1n) is 8.27. The molecule has 0 saturated heterocycles. The number of benzene rings is 2. The average molecular weight is 381 g/mol. The number of hydrogen-bond donors (Lipinski definition) is 2. The van der Waals surface area contributed by atoms with Gasteiger partial charge in [-0.15, -0.1) is 0 Å². The lowest BCUT2D eigenvalue weighted by molar-refractivity contribution is -0.138. The number of hydrogen-bond acceptors (Lipinski definition) is 3. The Morgan fingerprint density at radius 1 is 1.11 bits per heavy atom. The molecule has 8 heteroatoms. The van der Waals surface area contributed by atoms with Crippen LogP contribution in [0.5, 0.6) is 11.5 Å². The summed E-state index contributed by atoms with van der Waals surface area (Å²) >= 11 is 0. The van der Waals surface area contributed by atoms with E-state index in [-0.39, 0.29) is 29.9 Å². The molecule has 0 aliphatic rings. The molecule has 3 N–H and O–H groups in total. The SMILES string of the molecule is COc1ccc(NC(N)=NCc2ccc(OC(C)C)cc2C(F)(F)F)cc1. The van der Waals surface area contributed by atoms with Gasteiger partial charge in [0.1, 0.15) is 11.5 Å². The van der Waals surface area contributed by atoms with Gasteiger partial charge in [-0.25, -0.2) is 4.99 Å². The number of nitrogens with two attached hydrogens (primary N) is 1. The van der Waals surface area contributed by atoms with E-state index in [1.54, 1.807) is 45.2 Å². The molecule has 0 aromatic heterocycles. The lowest BCUT2D eigenvalue weighted by Gasteiger charge is -2.16. The quantitative estimate of drug-likeness (QED) is 0.574. The van der Waals surface area contributed by atoms with Crippen molar-refractivity contribution < 1.29 is 22.6 Å². The minimum absolute atomic E-state index is 0.01000.